The number of hydrogen-bond donors (Lipinski definition) is 1. The van der Waals surface area contributed by atoms with Gasteiger partial charge in [0, 0.05) is 17.8 Å². The van der Waals surface area contributed by atoms with Gasteiger partial charge in [-0.1, -0.05) is 89.7 Å². The van der Waals surface area contributed by atoms with Gasteiger partial charge in [-0.05, 0) is 49.2 Å². The molecular weight excluding hydrogens is 630 g/mol. The quantitative estimate of drug-likeness (QED) is 0.0596. The van der Waals surface area contributed by atoms with Crippen LogP contribution in [0, 0.1) is 6.92 Å². The number of benzene rings is 3. The molecule has 238 valence electrons. The van der Waals surface area contributed by atoms with Crippen molar-refractivity contribution in [2.75, 3.05) is 32.6 Å². The Balaban J connectivity index is 0.00000529. The lowest BCUT2D eigenvalue weighted by atomic mass is 10.1. The lowest BCUT2D eigenvalue weighted by molar-refractivity contribution is -0.0000173. The van der Waals surface area contributed by atoms with E-state index in [1.165, 1.54) is 70.6 Å². The molecular formula is C37H50BrN3O2S. The van der Waals surface area contributed by atoms with Gasteiger partial charge in [0.2, 0.25) is 5.36 Å². The van der Waals surface area contributed by atoms with Crippen LogP contribution < -0.4 is 37.0 Å². The fourth-order valence-electron chi connectivity index (χ4n) is 5.45. The standard InChI is InChI=1S/C37H49N3O2S.BrH/c1-5-6-7-8-9-10-11-12-13-14-15-18-23-42-35-20-17-16-19-30(35)34(41)27-38-32-26-37-33(24-28(32)2)39-31-22-21-29(40(3)4)25-36(31)43-37;/h16-17,19-22,24-26H,5-15,18,23,27H2,1-4H3;1H. The summed E-state index contributed by atoms with van der Waals surface area (Å²) in [5.41, 5.74) is 4.64. The number of Topliss-reactive ketones (excluding diaryl/α,β-unsaturated/α-hetero) is 1. The highest BCUT2D eigenvalue weighted by molar-refractivity contribution is 7.21. The first-order valence-corrected chi connectivity index (χ1v) is 17.1. The van der Waals surface area contributed by atoms with Crippen LogP contribution in [0.15, 0.2) is 54.6 Å². The number of anilines is 1. The van der Waals surface area contributed by atoms with E-state index in [0.717, 1.165) is 43.8 Å². The summed E-state index contributed by atoms with van der Waals surface area (Å²) in [6.45, 7) is 5.19. The summed E-state index contributed by atoms with van der Waals surface area (Å²) in [4.78, 5) is 19.3. The zero-order valence-corrected chi connectivity index (χ0v) is 29.5. The van der Waals surface area contributed by atoms with E-state index in [9.17, 15) is 4.79 Å². The van der Waals surface area contributed by atoms with Crippen molar-refractivity contribution in [1.29, 1.82) is 0 Å². The Morgan fingerprint density at radius 2 is 1.52 bits per heavy atom. The fourth-order valence-corrected chi connectivity index (χ4v) is 6.48. The van der Waals surface area contributed by atoms with Crippen LogP contribution in [0.25, 0.3) is 20.8 Å². The number of nitrogens with one attached hydrogen (secondary N) is 1. The van der Waals surface area contributed by atoms with Crippen molar-refractivity contribution < 1.29 is 26.5 Å². The molecule has 0 spiro atoms. The van der Waals surface area contributed by atoms with Crippen LogP contribution in [0.3, 0.4) is 0 Å². The van der Waals surface area contributed by atoms with E-state index in [1.54, 1.807) is 11.3 Å². The number of carbonyl (C=O) groups is 1. The Morgan fingerprint density at radius 1 is 0.864 bits per heavy atom. The maximum absolute atomic E-state index is 13.3. The van der Waals surface area contributed by atoms with Crippen LogP contribution >= 0.6 is 11.3 Å². The Labute approximate surface area is 278 Å². The second-order valence-electron chi connectivity index (χ2n) is 11.9. The molecule has 0 amide bonds. The largest absolute Gasteiger partial charge is 1.00 e. The van der Waals surface area contributed by atoms with Crippen LogP contribution in [0.1, 0.15) is 99.9 Å². The molecule has 0 aromatic heterocycles. The summed E-state index contributed by atoms with van der Waals surface area (Å²) in [6, 6.07) is 18.2. The highest BCUT2D eigenvalue weighted by Crippen LogP contribution is 2.32. The predicted molar refractivity (Wildman–Crippen MR) is 184 cm³/mol. The van der Waals surface area contributed by atoms with Gasteiger partial charge in [-0.15, -0.1) is 11.3 Å². The summed E-state index contributed by atoms with van der Waals surface area (Å²) in [5.74, 6) is 0.711. The first-order valence-electron chi connectivity index (χ1n) is 16.3. The molecule has 1 aliphatic heterocycles. The summed E-state index contributed by atoms with van der Waals surface area (Å²) in [7, 11) is 4.09. The third-order valence-electron chi connectivity index (χ3n) is 8.11. The van der Waals surface area contributed by atoms with Crippen LogP contribution in [0.4, 0.5) is 5.69 Å². The molecule has 2 aromatic rings. The van der Waals surface area contributed by atoms with Gasteiger partial charge in [0.05, 0.1) is 39.5 Å². The molecule has 44 heavy (non-hydrogen) atoms. The number of aryl methyl sites for hydroxylation is 1. The van der Waals surface area contributed by atoms with Gasteiger partial charge in [0.1, 0.15) is 19.8 Å². The van der Waals surface area contributed by atoms with E-state index in [0.29, 0.717) is 17.9 Å². The first-order chi connectivity index (χ1) is 21.0. The molecule has 7 heteroatoms. The van der Waals surface area contributed by atoms with Gasteiger partial charge in [0.25, 0.3) is 0 Å². The summed E-state index contributed by atoms with van der Waals surface area (Å²) in [5, 5.41) is 4.54. The Morgan fingerprint density at radius 3 is 2.20 bits per heavy atom. The monoisotopic (exact) mass is 679 g/mol. The molecule has 0 unspecified atom stereocenters. The van der Waals surface area contributed by atoms with Gasteiger partial charge >= 0.3 is 0 Å². The highest BCUT2D eigenvalue weighted by Gasteiger charge is 2.14. The van der Waals surface area contributed by atoms with Crippen molar-refractivity contribution in [3.05, 3.63) is 71.1 Å². The number of aromatic nitrogens is 1. The molecule has 1 N–H and O–H groups in total. The van der Waals surface area contributed by atoms with Crippen molar-refractivity contribution in [2.45, 2.75) is 90.9 Å². The van der Waals surface area contributed by atoms with E-state index in [-0.39, 0.29) is 29.3 Å². The molecule has 0 atom stereocenters. The molecule has 0 radical (unpaired) electrons. The number of unbranched alkanes of at least 4 members (excludes halogenated alkanes) is 11. The minimum absolute atomic E-state index is 0. The van der Waals surface area contributed by atoms with Crippen LogP contribution in [0.2, 0.25) is 0 Å². The van der Waals surface area contributed by atoms with Gasteiger partial charge in [-0.3, -0.25) is 4.79 Å². The molecule has 0 fully saturated rings. The number of fused-ring (bicyclic) bond motifs is 2. The summed E-state index contributed by atoms with van der Waals surface area (Å²) in [6.07, 6.45) is 15.8. The topological polar surface area (TPSA) is 54.2 Å². The molecule has 0 saturated heterocycles. The number of carbonyl (C=O) groups excluding carboxylic acids is 1. The molecule has 2 aromatic carbocycles. The minimum Gasteiger partial charge on any atom is -1.00 e. The molecule has 1 heterocycles. The number of para-hydroxylation sites is 1. The van der Waals surface area contributed by atoms with Crippen molar-refractivity contribution in [3.63, 3.8) is 0 Å². The second kappa shape index (κ2) is 18.9. The van der Waals surface area contributed by atoms with E-state index in [2.05, 4.69) is 54.1 Å². The van der Waals surface area contributed by atoms with Crippen molar-refractivity contribution in [2.24, 2.45) is 0 Å². The van der Waals surface area contributed by atoms with Gasteiger partial charge in [-0.25, -0.2) is 9.56 Å². The third kappa shape index (κ3) is 10.7. The third-order valence-corrected chi connectivity index (χ3v) is 9.20. The summed E-state index contributed by atoms with van der Waals surface area (Å²) < 4.78 is 9.29. The molecule has 5 nitrogen and oxygen atoms in total. The average molecular weight is 681 g/mol. The number of rotatable bonds is 18. The van der Waals surface area contributed by atoms with Crippen molar-refractivity contribution in [1.82, 2.24) is 9.56 Å². The number of ether oxygens (including phenoxy) is 1. The Hall–Kier alpha value is -2.77. The van der Waals surface area contributed by atoms with Crippen LogP contribution in [-0.4, -0.2) is 38.0 Å². The van der Waals surface area contributed by atoms with Crippen molar-refractivity contribution in [3.8, 4) is 16.3 Å². The average Bonchev–Trinajstić information content (AvgIpc) is 3.01. The highest BCUT2D eigenvalue weighted by atomic mass is 79.9. The summed E-state index contributed by atoms with van der Waals surface area (Å²) >= 11 is 1.73. The normalized spacial score (nSPS) is 11.0. The van der Waals surface area contributed by atoms with Crippen LogP contribution in [0.5, 0.6) is 5.75 Å². The first kappa shape index (κ1) is 35.7. The van der Waals surface area contributed by atoms with E-state index in [4.69, 9.17) is 9.72 Å². The van der Waals surface area contributed by atoms with E-state index >= 15 is 0 Å². The number of ketones is 1. The van der Waals surface area contributed by atoms with E-state index in [1.807, 2.05) is 38.4 Å². The SMILES string of the molecule is CCCCCCCCCCCCCCOc1ccccc1C(=O)CNc1cc2sc3cc(=[N+](C)C)ccc-3nc2cc1C.[Br-]. The van der Waals surface area contributed by atoms with Crippen LogP contribution in [-0.2, 0) is 0 Å². The fraction of sp³-hybridized carbons (Fsp3) is 0.486. The maximum atomic E-state index is 13.3. The molecule has 2 aliphatic rings. The molecule has 1 aliphatic carbocycles. The lowest BCUT2D eigenvalue weighted by Gasteiger charge is -2.14. The number of halogens is 1. The molecule has 0 saturated carbocycles. The Kier molecular flexibility index (Phi) is 15.3. The molecule has 0 bridgehead atoms. The maximum Gasteiger partial charge on any atom is 0.201 e. The zero-order valence-electron chi connectivity index (χ0n) is 27.1. The van der Waals surface area contributed by atoms with Crippen molar-refractivity contribution >= 4 is 33.0 Å². The predicted octanol–water partition coefficient (Wildman–Crippen LogP) is 6.12. The number of hydrogen-bond acceptors (Lipinski definition) is 5. The minimum atomic E-state index is 0. The van der Waals surface area contributed by atoms with Gasteiger partial charge in [0.15, 0.2) is 5.78 Å². The van der Waals surface area contributed by atoms with Gasteiger partial charge < -0.3 is 27.0 Å². The lowest BCUT2D eigenvalue weighted by Crippen LogP contribution is -3.00. The zero-order chi connectivity index (χ0) is 30.4. The number of nitrogens with zero attached hydrogens (tertiary/aromatic N) is 2. The smallest absolute Gasteiger partial charge is 0.201 e. The Bertz CT molecular complexity index is 1510. The second-order valence-corrected chi connectivity index (χ2v) is 13.0. The van der Waals surface area contributed by atoms with Gasteiger partial charge in [-0.2, -0.15) is 0 Å². The molecule has 4 rings (SSSR count). The van der Waals surface area contributed by atoms with E-state index < -0.39 is 0 Å².